The summed E-state index contributed by atoms with van der Waals surface area (Å²) in [7, 11) is 0. The number of carbonyl (C=O) groups is 1. The van der Waals surface area contributed by atoms with Crippen LogP contribution in [0.2, 0.25) is 0 Å². The molecule has 8 heteroatoms. The van der Waals surface area contributed by atoms with Gasteiger partial charge >= 0.3 is 5.97 Å². The van der Waals surface area contributed by atoms with Crippen molar-refractivity contribution < 1.29 is 28.5 Å². The van der Waals surface area contributed by atoms with E-state index in [1.54, 1.807) is 47.7 Å². The van der Waals surface area contributed by atoms with Gasteiger partial charge in [0.25, 0.3) is 0 Å². The number of thiophene rings is 1. The van der Waals surface area contributed by atoms with Crippen LogP contribution in [0.15, 0.2) is 70.5 Å². The van der Waals surface area contributed by atoms with E-state index in [4.69, 9.17) is 18.6 Å². The summed E-state index contributed by atoms with van der Waals surface area (Å²) in [4.78, 5) is 17.4. The lowest BCUT2D eigenvalue weighted by molar-refractivity contribution is -0.156. The van der Waals surface area contributed by atoms with Crippen molar-refractivity contribution >= 4 is 17.3 Å². The van der Waals surface area contributed by atoms with Gasteiger partial charge in [-0.05, 0) is 68.6 Å². The van der Waals surface area contributed by atoms with Gasteiger partial charge in [0.2, 0.25) is 11.5 Å². The first-order chi connectivity index (χ1) is 16.8. The Kier molecular flexibility index (Phi) is 7.41. The minimum absolute atomic E-state index is 0.158. The Balaban J connectivity index is 1.29. The quantitative estimate of drug-likeness (QED) is 0.276. The number of benzene rings is 2. The molecule has 0 amide bonds. The Morgan fingerprint density at radius 2 is 1.66 bits per heavy atom. The molecule has 1 N–H and O–H groups in total. The lowest BCUT2D eigenvalue weighted by Gasteiger charge is -2.26. The van der Waals surface area contributed by atoms with Gasteiger partial charge in [0.05, 0.1) is 17.2 Å². The largest absolute Gasteiger partial charge is 0.493 e. The monoisotopic (exact) mass is 493 g/mol. The molecule has 0 saturated carbocycles. The molecule has 2 heterocycles. The molecule has 2 aromatic heterocycles. The summed E-state index contributed by atoms with van der Waals surface area (Å²) < 4.78 is 23.1. The van der Waals surface area contributed by atoms with E-state index < -0.39 is 11.6 Å². The van der Waals surface area contributed by atoms with Gasteiger partial charge in [-0.1, -0.05) is 23.8 Å². The van der Waals surface area contributed by atoms with Crippen LogP contribution in [0.1, 0.15) is 23.9 Å². The zero-order valence-corrected chi connectivity index (χ0v) is 20.6. The third-order valence-corrected chi connectivity index (χ3v) is 6.24. The molecule has 0 saturated heterocycles. The highest BCUT2D eigenvalue weighted by molar-refractivity contribution is 7.13. The van der Waals surface area contributed by atoms with Gasteiger partial charge in [-0.2, -0.15) is 0 Å². The number of oxazole rings is 1. The minimum Gasteiger partial charge on any atom is -0.493 e. The van der Waals surface area contributed by atoms with Crippen LogP contribution in [0.25, 0.3) is 10.8 Å². The Labute approximate surface area is 207 Å². The fourth-order valence-corrected chi connectivity index (χ4v) is 3.93. The highest BCUT2D eigenvalue weighted by Gasteiger charge is 2.37. The number of carboxylic acid groups (broad SMARTS) is 1. The van der Waals surface area contributed by atoms with Crippen LogP contribution in [0.4, 0.5) is 0 Å². The number of hydrogen-bond donors (Lipinski definition) is 1. The molecule has 0 aliphatic rings. The number of nitrogens with zero attached hydrogens (tertiary/aromatic N) is 1. The highest BCUT2D eigenvalue weighted by Crippen LogP contribution is 2.27. The summed E-state index contributed by atoms with van der Waals surface area (Å²) in [6.07, 6.45) is 0.617. The second-order valence-electron chi connectivity index (χ2n) is 8.31. The fourth-order valence-electron chi connectivity index (χ4n) is 3.29. The topological polar surface area (TPSA) is 91.0 Å². The fraction of sp³-hybridized carbons (Fsp3) is 0.259. The van der Waals surface area contributed by atoms with Crippen LogP contribution in [0.3, 0.4) is 0 Å². The first-order valence-corrected chi connectivity index (χ1v) is 12.1. The summed E-state index contributed by atoms with van der Waals surface area (Å²) >= 11 is 1.59. The number of carboxylic acids is 1. The molecule has 4 rings (SSSR count). The number of rotatable bonds is 11. The average molecular weight is 494 g/mol. The third kappa shape index (κ3) is 6.22. The van der Waals surface area contributed by atoms with Gasteiger partial charge in [-0.25, -0.2) is 9.78 Å². The molecule has 35 heavy (non-hydrogen) atoms. The number of hydrogen-bond acceptors (Lipinski definition) is 7. The molecule has 0 radical (unpaired) electrons. The van der Waals surface area contributed by atoms with Crippen molar-refractivity contribution in [2.24, 2.45) is 0 Å². The second-order valence-corrected chi connectivity index (χ2v) is 9.26. The Morgan fingerprint density at radius 1 is 1.00 bits per heavy atom. The number of aliphatic carboxylic acids is 1. The SMILES string of the molecule is Cc1ccc(OC(C)(COc2ccc(OCCc3nc(-c4cccs4)oc3C)cc2)C(=O)O)cc1. The zero-order chi connectivity index (χ0) is 24.8. The van der Waals surface area contributed by atoms with E-state index in [1.165, 1.54) is 6.92 Å². The Hall–Kier alpha value is -3.78. The van der Waals surface area contributed by atoms with E-state index in [0.717, 1.165) is 21.9 Å². The first kappa shape index (κ1) is 24.3. The van der Waals surface area contributed by atoms with Crippen LogP contribution >= 0.6 is 11.3 Å². The Bertz CT molecular complexity index is 1250. The third-order valence-electron chi connectivity index (χ3n) is 5.39. The molecule has 0 aliphatic heterocycles. The van der Waals surface area contributed by atoms with E-state index in [9.17, 15) is 9.90 Å². The lowest BCUT2D eigenvalue weighted by atomic mass is 10.1. The standard InChI is InChI=1S/C27H27NO6S/c1-18-6-8-22(9-7-18)34-27(3,26(29)30)17-32-21-12-10-20(11-13-21)31-15-14-23-19(2)33-25(28-23)24-5-4-16-35-24/h4-13,16H,14-15,17H2,1-3H3,(H,29,30). The minimum atomic E-state index is -1.54. The molecule has 4 aromatic rings. The molecule has 0 spiro atoms. The van der Waals surface area contributed by atoms with Gasteiger partial charge in [-0.3, -0.25) is 0 Å². The van der Waals surface area contributed by atoms with Crippen molar-refractivity contribution in [3.05, 3.63) is 83.1 Å². The summed E-state index contributed by atoms with van der Waals surface area (Å²) in [6.45, 7) is 5.63. The Morgan fingerprint density at radius 3 is 2.29 bits per heavy atom. The van der Waals surface area contributed by atoms with Crippen LogP contribution in [-0.4, -0.2) is 34.9 Å². The van der Waals surface area contributed by atoms with E-state index >= 15 is 0 Å². The van der Waals surface area contributed by atoms with E-state index in [1.807, 2.05) is 43.5 Å². The van der Waals surface area contributed by atoms with Crippen molar-refractivity contribution in [1.29, 1.82) is 0 Å². The first-order valence-electron chi connectivity index (χ1n) is 11.2. The maximum absolute atomic E-state index is 11.9. The summed E-state index contributed by atoms with van der Waals surface area (Å²) in [5.41, 5.74) is 0.393. The molecule has 0 aliphatic carbocycles. The maximum atomic E-state index is 11.9. The van der Waals surface area contributed by atoms with E-state index in [0.29, 0.717) is 36.2 Å². The summed E-state index contributed by atoms with van der Waals surface area (Å²) in [5, 5.41) is 11.7. The van der Waals surface area contributed by atoms with E-state index in [-0.39, 0.29) is 6.61 Å². The predicted molar refractivity (Wildman–Crippen MR) is 134 cm³/mol. The van der Waals surface area contributed by atoms with Gasteiger partial charge in [0.1, 0.15) is 29.6 Å². The summed E-state index contributed by atoms with van der Waals surface area (Å²) in [5.74, 6) is 1.98. The van der Waals surface area contributed by atoms with Crippen molar-refractivity contribution in [3.63, 3.8) is 0 Å². The second kappa shape index (κ2) is 10.7. The molecular formula is C27H27NO6S. The molecular weight excluding hydrogens is 466 g/mol. The van der Waals surface area contributed by atoms with E-state index in [2.05, 4.69) is 4.98 Å². The molecule has 182 valence electrons. The number of aromatic nitrogens is 1. The average Bonchev–Trinajstić information content (AvgIpc) is 3.50. The van der Waals surface area contributed by atoms with Crippen molar-refractivity contribution in [3.8, 4) is 28.0 Å². The normalized spacial score (nSPS) is 12.7. The van der Waals surface area contributed by atoms with Crippen LogP contribution < -0.4 is 14.2 Å². The molecule has 7 nitrogen and oxygen atoms in total. The van der Waals surface area contributed by atoms with Crippen molar-refractivity contribution in [2.45, 2.75) is 32.8 Å². The smallest absolute Gasteiger partial charge is 0.351 e. The number of ether oxygens (including phenoxy) is 3. The van der Waals surface area contributed by atoms with Crippen LogP contribution in [-0.2, 0) is 11.2 Å². The van der Waals surface area contributed by atoms with Crippen LogP contribution in [0.5, 0.6) is 17.2 Å². The van der Waals surface area contributed by atoms with Gasteiger partial charge in [0.15, 0.2) is 0 Å². The van der Waals surface area contributed by atoms with Crippen LogP contribution in [0, 0.1) is 13.8 Å². The number of aryl methyl sites for hydroxylation is 2. The van der Waals surface area contributed by atoms with Gasteiger partial charge in [0, 0.05) is 6.42 Å². The maximum Gasteiger partial charge on any atom is 0.351 e. The van der Waals surface area contributed by atoms with Crippen molar-refractivity contribution in [1.82, 2.24) is 4.98 Å². The zero-order valence-electron chi connectivity index (χ0n) is 19.8. The predicted octanol–water partition coefficient (Wildman–Crippen LogP) is 5.94. The molecule has 0 fully saturated rings. The molecule has 2 aromatic carbocycles. The van der Waals surface area contributed by atoms with Gasteiger partial charge < -0.3 is 23.7 Å². The highest BCUT2D eigenvalue weighted by atomic mass is 32.1. The summed E-state index contributed by atoms with van der Waals surface area (Å²) in [6, 6.07) is 18.2. The van der Waals surface area contributed by atoms with Gasteiger partial charge in [-0.15, -0.1) is 11.3 Å². The van der Waals surface area contributed by atoms with Crippen molar-refractivity contribution in [2.75, 3.05) is 13.2 Å². The molecule has 0 bridgehead atoms. The lowest BCUT2D eigenvalue weighted by Crippen LogP contribution is -2.47. The molecule has 1 atom stereocenters. The molecule has 1 unspecified atom stereocenters.